The fourth-order valence-corrected chi connectivity index (χ4v) is 2.51. The molecule has 0 radical (unpaired) electrons. The first-order valence-electron chi connectivity index (χ1n) is 6.85. The Morgan fingerprint density at radius 1 is 1.42 bits per heavy atom. The molecule has 1 fully saturated rings. The molecule has 2 rings (SSSR count). The van der Waals surface area contributed by atoms with Gasteiger partial charge in [0.15, 0.2) is 0 Å². The maximum atomic E-state index is 11.4. The molecule has 0 spiro atoms. The van der Waals surface area contributed by atoms with E-state index >= 15 is 0 Å². The van der Waals surface area contributed by atoms with Gasteiger partial charge in [-0.3, -0.25) is 4.79 Å². The minimum atomic E-state index is -0.121. The summed E-state index contributed by atoms with van der Waals surface area (Å²) in [6.45, 7) is 5.54. The highest BCUT2D eigenvalue weighted by Crippen LogP contribution is 2.24. The maximum absolute atomic E-state index is 11.4. The number of carbonyl (C=O) groups excluding carboxylic acids is 1. The van der Waals surface area contributed by atoms with Gasteiger partial charge < -0.3 is 10.1 Å². The smallest absolute Gasteiger partial charge is 0.243 e. The number of hydrogen-bond acceptors (Lipinski definition) is 2. The number of hydrogen-bond donors (Lipinski definition) is 1. The van der Waals surface area contributed by atoms with Crippen LogP contribution in [0.4, 0.5) is 0 Å². The number of ether oxygens (including phenoxy) is 1. The van der Waals surface area contributed by atoms with Crippen LogP contribution >= 0.6 is 0 Å². The number of aryl methyl sites for hydroxylation is 1. The molecule has 3 nitrogen and oxygen atoms in total. The van der Waals surface area contributed by atoms with Crippen molar-refractivity contribution < 1.29 is 9.53 Å². The van der Waals surface area contributed by atoms with Crippen LogP contribution < -0.4 is 10.1 Å². The van der Waals surface area contributed by atoms with Gasteiger partial charge in [-0.2, -0.15) is 0 Å². The van der Waals surface area contributed by atoms with E-state index in [0.29, 0.717) is 0 Å². The van der Waals surface area contributed by atoms with E-state index in [1.54, 1.807) is 0 Å². The summed E-state index contributed by atoms with van der Waals surface area (Å²) < 4.78 is 6.05. The van der Waals surface area contributed by atoms with Crippen molar-refractivity contribution in [2.45, 2.75) is 44.8 Å². The Kier molecular flexibility index (Phi) is 4.61. The van der Waals surface area contributed by atoms with Crippen LogP contribution in [0.5, 0.6) is 5.75 Å². The molecule has 3 heteroatoms. The Hall–Kier alpha value is -1.77. The lowest BCUT2D eigenvalue weighted by Crippen LogP contribution is -2.47. The van der Waals surface area contributed by atoms with Gasteiger partial charge in [0.25, 0.3) is 0 Å². The number of amides is 1. The van der Waals surface area contributed by atoms with E-state index in [2.05, 4.69) is 11.9 Å². The Morgan fingerprint density at radius 2 is 2.21 bits per heavy atom. The molecular weight excluding hydrogens is 238 g/mol. The molecule has 1 amide bonds. The molecule has 2 atom stereocenters. The largest absolute Gasteiger partial charge is 0.488 e. The molecular formula is C16H21NO2. The second-order valence-corrected chi connectivity index (χ2v) is 5.08. The van der Waals surface area contributed by atoms with Gasteiger partial charge in [-0.15, -0.1) is 0 Å². The summed E-state index contributed by atoms with van der Waals surface area (Å²) in [5.74, 6) is 0.759. The Bertz CT molecular complexity index is 456. The van der Waals surface area contributed by atoms with Gasteiger partial charge in [0.05, 0.1) is 6.04 Å². The summed E-state index contributed by atoms with van der Waals surface area (Å²) in [4.78, 5) is 11.4. The molecule has 1 aliphatic rings. The van der Waals surface area contributed by atoms with Crippen molar-refractivity contribution in [2.75, 3.05) is 0 Å². The number of benzene rings is 1. The van der Waals surface area contributed by atoms with Crippen LogP contribution in [0.25, 0.3) is 0 Å². The average molecular weight is 259 g/mol. The number of rotatable bonds is 4. The fourth-order valence-electron chi connectivity index (χ4n) is 2.51. The van der Waals surface area contributed by atoms with Gasteiger partial charge in [-0.1, -0.05) is 25.1 Å². The van der Waals surface area contributed by atoms with Crippen molar-refractivity contribution in [3.8, 4) is 5.75 Å². The second kappa shape index (κ2) is 6.41. The summed E-state index contributed by atoms with van der Waals surface area (Å²) in [5, 5.41) is 2.97. The Balaban J connectivity index is 2.03. The standard InChI is InChI=1S/C16H21NO2/c1-3-16(18)17-14-9-4-5-10-15(14)19-13-8-6-7-12(2)11-13/h3,6-8,11,14-15H,1,4-5,9-10H2,2H3,(H,17,18). The minimum absolute atomic E-state index is 0.0550. The highest BCUT2D eigenvalue weighted by molar-refractivity contribution is 5.87. The molecule has 1 aliphatic carbocycles. The van der Waals surface area contributed by atoms with Gasteiger partial charge in [0, 0.05) is 0 Å². The molecule has 2 unspecified atom stereocenters. The predicted octanol–water partition coefficient (Wildman–Crippen LogP) is 2.99. The van der Waals surface area contributed by atoms with Crippen molar-refractivity contribution in [1.82, 2.24) is 5.32 Å². The molecule has 0 heterocycles. The molecule has 1 aromatic rings. The van der Waals surface area contributed by atoms with Gasteiger partial charge in [-0.05, 0) is 50.0 Å². The third kappa shape index (κ3) is 3.85. The van der Waals surface area contributed by atoms with Gasteiger partial charge in [-0.25, -0.2) is 0 Å². The topological polar surface area (TPSA) is 38.3 Å². The molecule has 19 heavy (non-hydrogen) atoms. The lowest BCUT2D eigenvalue weighted by atomic mass is 9.92. The van der Waals surface area contributed by atoms with E-state index in [1.807, 2.05) is 31.2 Å². The van der Waals surface area contributed by atoms with E-state index in [4.69, 9.17) is 4.74 Å². The summed E-state index contributed by atoms with van der Waals surface area (Å²) >= 11 is 0. The number of carbonyl (C=O) groups is 1. The van der Waals surface area contributed by atoms with Crippen LogP contribution in [-0.2, 0) is 4.79 Å². The van der Waals surface area contributed by atoms with Crippen LogP contribution in [0.1, 0.15) is 31.2 Å². The van der Waals surface area contributed by atoms with Crippen LogP contribution in [0.15, 0.2) is 36.9 Å². The van der Waals surface area contributed by atoms with Crippen molar-refractivity contribution in [1.29, 1.82) is 0 Å². The quantitative estimate of drug-likeness (QED) is 0.844. The van der Waals surface area contributed by atoms with Crippen molar-refractivity contribution in [3.63, 3.8) is 0 Å². The molecule has 1 saturated carbocycles. The SMILES string of the molecule is C=CC(=O)NC1CCCCC1Oc1cccc(C)c1. The third-order valence-electron chi connectivity index (χ3n) is 3.49. The summed E-state index contributed by atoms with van der Waals surface area (Å²) in [7, 11) is 0. The monoisotopic (exact) mass is 259 g/mol. The molecule has 102 valence electrons. The van der Waals surface area contributed by atoms with E-state index in [-0.39, 0.29) is 18.1 Å². The van der Waals surface area contributed by atoms with E-state index in [1.165, 1.54) is 11.6 Å². The minimum Gasteiger partial charge on any atom is -0.488 e. The molecule has 1 aromatic carbocycles. The van der Waals surface area contributed by atoms with Gasteiger partial charge >= 0.3 is 0 Å². The lowest BCUT2D eigenvalue weighted by molar-refractivity contribution is -0.118. The summed E-state index contributed by atoms with van der Waals surface area (Å²) in [6, 6.07) is 8.12. The van der Waals surface area contributed by atoms with Crippen molar-refractivity contribution in [2.24, 2.45) is 0 Å². The zero-order valence-electron chi connectivity index (χ0n) is 11.4. The second-order valence-electron chi connectivity index (χ2n) is 5.08. The Morgan fingerprint density at radius 3 is 2.95 bits per heavy atom. The summed E-state index contributed by atoms with van der Waals surface area (Å²) in [5.41, 5.74) is 1.18. The van der Waals surface area contributed by atoms with Crippen molar-refractivity contribution >= 4 is 5.91 Å². The summed E-state index contributed by atoms with van der Waals surface area (Å²) in [6.07, 6.45) is 5.61. The Labute approximate surface area is 114 Å². The average Bonchev–Trinajstić information content (AvgIpc) is 2.41. The van der Waals surface area contributed by atoms with E-state index in [0.717, 1.165) is 31.4 Å². The molecule has 0 aromatic heterocycles. The zero-order valence-corrected chi connectivity index (χ0v) is 11.4. The van der Waals surface area contributed by atoms with E-state index in [9.17, 15) is 4.79 Å². The molecule has 0 aliphatic heterocycles. The van der Waals surface area contributed by atoms with Crippen LogP contribution in [0.2, 0.25) is 0 Å². The maximum Gasteiger partial charge on any atom is 0.243 e. The first kappa shape index (κ1) is 13.7. The van der Waals surface area contributed by atoms with Crippen LogP contribution in [-0.4, -0.2) is 18.1 Å². The fraction of sp³-hybridized carbons (Fsp3) is 0.438. The van der Waals surface area contributed by atoms with Gasteiger partial charge in [0.2, 0.25) is 5.91 Å². The third-order valence-corrected chi connectivity index (χ3v) is 3.49. The molecule has 1 N–H and O–H groups in total. The first-order chi connectivity index (χ1) is 9.19. The predicted molar refractivity (Wildman–Crippen MR) is 76.2 cm³/mol. The normalized spacial score (nSPS) is 22.6. The first-order valence-corrected chi connectivity index (χ1v) is 6.85. The van der Waals surface area contributed by atoms with Gasteiger partial charge in [0.1, 0.15) is 11.9 Å². The highest BCUT2D eigenvalue weighted by atomic mass is 16.5. The number of nitrogens with one attached hydrogen (secondary N) is 1. The van der Waals surface area contributed by atoms with E-state index < -0.39 is 0 Å². The lowest BCUT2D eigenvalue weighted by Gasteiger charge is -2.32. The molecule has 0 saturated heterocycles. The van der Waals surface area contributed by atoms with Crippen molar-refractivity contribution in [3.05, 3.63) is 42.5 Å². The highest BCUT2D eigenvalue weighted by Gasteiger charge is 2.27. The van der Waals surface area contributed by atoms with Crippen LogP contribution in [0, 0.1) is 6.92 Å². The molecule has 0 bridgehead atoms. The zero-order chi connectivity index (χ0) is 13.7. The van der Waals surface area contributed by atoms with Crippen LogP contribution in [0.3, 0.4) is 0 Å².